The van der Waals surface area contributed by atoms with Crippen molar-refractivity contribution in [3.05, 3.63) is 57.6 Å². The second kappa shape index (κ2) is 8.33. The standard InChI is InChI=1S/C19H21BrF2N2O2/c1-25-17-10-14(15(20)11-18(17)26-2)19(24-7-5-23-6-8-24)13-4-3-12(21)9-16(13)22/h3-4,9-11,19,23H,5-8H2,1-2H3. The average molecular weight is 427 g/mol. The fourth-order valence-electron chi connectivity index (χ4n) is 3.30. The molecular formula is C19H21BrF2N2O2. The van der Waals surface area contributed by atoms with Crippen LogP contribution in [0.2, 0.25) is 0 Å². The smallest absolute Gasteiger partial charge is 0.161 e. The first kappa shape index (κ1) is 19.1. The van der Waals surface area contributed by atoms with Gasteiger partial charge in [0.25, 0.3) is 0 Å². The molecular weight excluding hydrogens is 406 g/mol. The van der Waals surface area contributed by atoms with Gasteiger partial charge in [-0.1, -0.05) is 22.0 Å². The molecule has 1 saturated heterocycles. The van der Waals surface area contributed by atoms with Gasteiger partial charge in [0.2, 0.25) is 0 Å². The van der Waals surface area contributed by atoms with E-state index in [-0.39, 0.29) is 6.04 Å². The molecule has 4 nitrogen and oxygen atoms in total. The Hall–Kier alpha value is -1.70. The van der Waals surface area contributed by atoms with Crippen LogP contribution in [0.15, 0.2) is 34.8 Å². The summed E-state index contributed by atoms with van der Waals surface area (Å²) in [5.41, 5.74) is 1.27. The molecule has 0 bridgehead atoms. The normalized spacial score (nSPS) is 16.3. The molecule has 0 saturated carbocycles. The molecule has 0 spiro atoms. The van der Waals surface area contributed by atoms with Gasteiger partial charge < -0.3 is 14.8 Å². The van der Waals surface area contributed by atoms with Crippen molar-refractivity contribution in [1.29, 1.82) is 0 Å². The Kier molecular flexibility index (Phi) is 6.11. The average Bonchev–Trinajstić information content (AvgIpc) is 2.65. The molecule has 3 rings (SSSR count). The lowest BCUT2D eigenvalue weighted by atomic mass is 9.95. The first-order valence-electron chi connectivity index (χ1n) is 8.36. The molecule has 1 heterocycles. The van der Waals surface area contributed by atoms with Gasteiger partial charge >= 0.3 is 0 Å². The summed E-state index contributed by atoms with van der Waals surface area (Å²) < 4.78 is 39.6. The molecule has 0 amide bonds. The lowest BCUT2D eigenvalue weighted by Crippen LogP contribution is -2.45. The van der Waals surface area contributed by atoms with E-state index in [1.165, 1.54) is 12.1 Å². The molecule has 1 aliphatic heterocycles. The van der Waals surface area contributed by atoms with Gasteiger partial charge in [0, 0.05) is 42.3 Å². The van der Waals surface area contributed by atoms with Gasteiger partial charge in [0.05, 0.1) is 20.3 Å². The molecule has 0 aromatic heterocycles. The van der Waals surface area contributed by atoms with E-state index in [0.717, 1.165) is 42.3 Å². The SMILES string of the molecule is COc1cc(Br)c(C(c2ccc(F)cc2F)N2CCNCC2)cc1OC. The number of halogens is 3. The van der Waals surface area contributed by atoms with Crippen LogP contribution < -0.4 is 14.8 Å². The Morgan fingerprint density at radius 2 is 1.65 bits per heavy atom. The third-order valence-corrected chi connectivity index (χ3v) is 5.26. The van der Waals surface area contributed by atoms with Crippen LogP contribution >= 0.6 is 15.9 Å². The first-order valence-corrected chi connectivity index (χ1v) is 9.15. The van der Waals surface area contributed by atoms with Gasteiger partial charge in [-0.25, -0.2) is 8.78 Å². The molecule has 2 aromatic rings. The Morgan fingerprint density at radius 1 is 1.00 bits per heavy atom. The number of hydrogen-bond donors (Lipinski definition) is 1. The van der Waals surface area contributed by atoms with Crippen LogP contribution in [0.3, 0.4) is 0 Å². The molecule has 26 heavy (non-hydrogen) atoms. The van der Waals surface area contributed by atoms with Crippen LogP contribution in [0.25, 0.3) is 0 Å². The van der Waals surface area contributed by atoms with Crippen LogP contribution in [0, 0.1) is 11.6 Å². The Labute approximate surface area is 160 Å². The largest absolute Gasteiger partial charge is 0.493 e. The predicted octanol–water partition coefficient (Wildman–Crippen LogP) is 3.74. The predicted molar refractivity (Wildman–Crippen MR) is 99.9 cm³/mol. The van der Waals surface area contributed by atoms with Crippen molar-refractivity contribution in [3.8, 4) is 11.5 Å². The Morgan fingerprint density at radius 3 is 2.27 bits per heavy atom. The quantitative estimate of drug-likeness (QED) is 0.789. The number of piperazine rings is 1. The molecule has 140 valence electrons. The topological polar surface area (TPSA) is 33.7 Å². The summed E-state index contributed by atoms with van der Waals surface area (Å²) in [6, 6.07) is 7.03. The highest BCUT2D eigenvalue weighted by Gasteiger charge is 2.29. The van der Waals surface area contributed by atoms with Gasteiger partial charge in [-0.3, -0.25) is 4.90 Å². The van der Waals surface area contributed by atoms with Crippen LogP contribution in [0.1, 0.15) is 17.2 Å². The number of nitrogens with zero attached hydrogens (tertiary/aromatic N) is 1. The van der Waals surface area contributed by atoms with E-state index >= 15 is 0 Å². The fourth-order valence-corrected chi connectivity index (χ4v) is 3.84. The number of hydrogen-bond acceptors (Lipinski definition) is 4. The van der Waals surface area contributed by atoms with Gasteiger partial charge in [-0.15, -0.1) is 0 Å². The van der Waals surface area contributed by atoms with E-state index in [1.807, 2.05) is 12.1 Å². The summed E-state index contributed by atoms with van der Waals surface area (Å²) in [5, 5.41) is 3.30. The summed E-state index contributed by atoms with van der Waals surface area (Å²) in [5.74, 6) is 0.00187. The maximum Gasteiger partial charge on any atom is 0.161 e. The molecule has 1 fully saturated rings. The third kappa shape index (κ3) is 3.84. The minimum absolute atomic E-state index is 0.369. The monoisotopic (exact) mass is 426 g/mol. The highest BCUT2D eigenvalue weighted by atomic mass is 79.9. The summed E-state index contributed by atoms with van der Waals surface area (Å²) in [6.07, 6.45) is 0. The molecule has 2 aromatic carbocycles. The molecule has 1 N–H and O–H groups in total. The zero-order chi connectivity index (χ0) is 18.7. The maximum absolute atomic E-state index is 14.6. The van der Waals surface area contributed by atoms with Gasteiger partial charge in [-0.2, -0.15) is 0 Å². The van der Waals surface area contributed by atoms with Crippen LogP contribution in [-0.2, 0) is 0 Å². The van der Waals surface area contributed by atoms with Gasteiger partial charge in [-0.05, 0) is 23.8 Å². The van der Waals surface area contributed by atoms with E-state index in [2.05, 4.69) is 26.1 Å². The van der Waals surface area contributed by atoms with E-state index in [0.29, 0.717) is 17.1 Å². The zero-order valence-corrected chi connectivity index (χ0v) is 16.3. The highest BCUT2D eigenvalue weighted by Crippen LogP contribution is 2.41. The van der Waals surface area contributed by atoms with E-state index in [4.69, 9.17) is 9.47 Å². The lowest BCUT2D eigenvalue weighted by molar-refractivity contribution is 0.194. The van der Waals surface area contributed by atoms with Crippen molar-refractivity contribution in [3.63, 3.8) is 0 Å². The van der Waals surface area contributed by atoms with Crippen molar-refractivity contribution in [2.24, 2.45) is 0 Å². The summed E-state index contributed by atoms with van der Waals surface area (Å²) in [6.45, 7) is 3.12. The third-order valence-electron chi connectivity index (χ3n) is 4.57. The van der Waals surface area contributed by atoms with Crippen LogP contribution in [-0.4, -0.2) is 45.3 Å². The minimum Gasteiger partial charge on any atom is -0.493 e. The number of benzene rings is 2. The number of rotatable bonds is 5. The molecule has 1 atom stereocenters. The highest BCUT2D eigenvalue weighted by molar-refractivity contribution is 9.10. The van der Waals surface area contributed by atoms with Crippen molar-refractivity contribution in [1.82, 2.24) is 10.2 Å². The second-order valence-electron chi connectivity index (χ2n) is 6.08. The van der Waals surface area contributed by atoms with Gasteiger partial charge in [0.1, 0.15) is 11.6 Å². The first-order chi connectivity index (χ1) is 12.5. The Bertz CT molecular complexity index is 782. The molecule has 0 radical (unpaired) electrons. The maximum atomic E-state index is 14.6. The number of methoxy groups -OCH3 is 2. The lowest BCUT2D eigenvalue weighted by Gasteiger charge is -2.36. The van der Waals surface area contributed by atoms with Crippen LogP contribution in [0.5, 0.6) is 11.5 Å². The second-order valence-corrected chi connectivity index (χ2v) is 6.94. The summed E-state index contributed by atoms with van der Waals surface area (Å²) >= 11 is 3.58. The molecule has 1 aliphatic rings. The summed E-state index contributed by atoms with van der Waals surface area (Å²) in [4.78, 5) is 2.18. The number of nitrogens with one attached hydrogen (secondary N) is 1. The molecule has 7 heteroatoms. The van der Waals surface area contributed by atoms with Crippen molar-refractivity contribution < 1.29 is 18.3 Å². The van der Waals surface area contributed by atoms with E-state index in [1.54, 1.807) is 14.2 Å². The van der Waals surface area contributed by atoms with Crippen molar-refractivity contribution in [2.75, 3.05) is 40.4 Å². The Balaban J connectivity index is 2.14. The van der Waals surface area contributed by atoms with Crippen molar-refractivity contribution in [2.45, 2.75) is 6.04 Å². The van der Waals surface area contributed by atoms with Crippen molar-refractivity contribution >= 4 is 15.9 Å². The molecule has 0 aliphatic carbocycles. The zero-order valence-electron chi connectivity index (χ0n) is 14.7. The fraction of sp³-hybridized carbons (Fsp3) is 0.368. The van der Waals surface area contributed by atoms with Gasteiger partial charge in [0.15, 0.2) is 11.5 Å². The van der Waals surface area contributed by atoms with Crippen LogP contribution in [0.4, 0.5) is 8.78 Å². The van der Waals surface area contributed by atoms with E-state index in [9.17, 15) is 8.78 Å². The van der Waals surface area contributed by atoms with E-state index < -0.39 is 11.6 Å². The minimum atomic E-state index is -0.586. The number of ether oxygens (including phenoxy) is 2. The summed E-state index contributed by atoms with van der Waals surface area (Å²) in [7, 11) is 3.13. The molecule has 1 unspecified atom stereocenters.